The number of halogens is 1. The number of benzene rings is 1. The minimum Gasteiger partial charge on any atom is -1.00 e. The molecular formula is C23H34ClN5O4. The van der Waals surface area contributed by atoms with E-state index < -0.39 is 11.8 Å². The molecule has 9 nitrogen and oxygen atoms in total. The van der Waals surface area contributed by atoms with Crippen molar-refractivity contribution in [3.05, 3.63) is 56.0 Å². The Morgan fingerprint density at radius 1 is 1.03 bits per heavy atom. The molecule has 10 heteroatoms. The van der Waals surface area contributed by atoms with E-state index in [9.17, 15) is 19.8 Å². The first-order valence-corrected chi connectivity index (χ1v) is 11.0. The van der Waals surface area contributed by atoms with Gasteiger partial charge in [0, 0.05) is 14.1 Å². The number of quaternary nitrogens is 1. The number of fused-ring (bicyclic) bond motifs is 1. The van der Waals surface area contributed by atoms with Crippen molar-refractivity contribution in [3.63, 3.8) is 0 Å². The first-order valence-electron chi connectivity index (χ1n) is 11.0. The lowest BCUT2D eigenvalue weighted by molar-refractivity contribution is -0.662. The highest BCUT2D eigenvalue weighted by Crippen LogP contribution is 2.36. The standard InChI is InChI=1S/C23H33N5O4.ClH/c1-13(2)16-9-15(10-17(14(3)4)20(16)30)18(29)11-24-7-8-28-12-25-21-19(28)22(31)27(6)23(32)26(21)5;/h9-10,12-14,18,24,29-30H,7-8,11H2,1-6H3;1H. The van der Waals surface area contributed by atoms with Gasteiger partial charge in [0.05, 0.1) is 19.4 Å². The fourth-order valence-electron chi connectivity index (χ4n) is 3.99. The van der Waals surface area contributed by atoms with E-state index in [0.717, 1.165) is 21.3 Å². The smallest absolute Gasteiger partial charge is 0.332 e. The van der Waals surface area contributed by atoms with Crippen molar-refractivity contribution in [2.45, 2.75) is 52.2 Å². The predicted molar refractivity (Wildman–Crippen MR) is 123 cm³/mol. The lowest BCUT2D eigenvalue weighted by atomic mass is 9.90. The van der Waals surface area contributed by atoms with Crippen LogP contribution < -0.4 is 29.0 Å². The lowest BCUT2D eigenvalue weighted by Gasteiger charge is -2.19. The number of phenolic OH excluding ortho intramolecular Hbond substituents is 1. The average molecular weight is 480 g/mol. The van der Waals surface area contributed by atoms with Gasteiger partial charge in [-0.15, -0.1) is 0 Å². The molecule has 0 aliphatic rings. The average Bonchev–Trinajstić information content (AvgIpc) is 3.17. The van der Waals surface area contributed by atoms with Crippen molar-refractivity contribution in [3.8, 4) is 5.75 Å². The zero-order chi connectivity index (χ0) is 23.7. The summed E-state index contributed by atoms with van der Waals surface area (Å²) in [6, 6.07) is 3.77. The van der Waals surface area contributed by atoms with Crippen LogP contribution in [0.15, 0.2) is 28.0 Å². The number of imidazole rings is 1. The highest BCUT2D eigenvalue weighted by Gasteiger charge is 2.19. The maximum absolute atomic E-state index is 12.5. The van der Waals surface area contributed by atoms with Crippen LogP contribution in [0.5, 0.6) is 5.75 Å². The Morgan fingerprint density at radius 2 is 1.61 bits per heavy atom. The summed E-state index contributed by atoms with van der Waals surface area (Å²) in [7, 11) is 3.05. The third-order valence-electron chi connectivity index (χ3n) is 6.00. The molecule has 4 N–H and O–H groups in total. The van der Waals surface area contributed by atoms with Crippen LogP contribution in [0.25, 0.3) is 11.2 Å². The number of aryl methyl sites for hydroxylation is 1. The predicted octanol–water partition coefficient (Wildman–Crippen LogP) is -2.31. The summed E-state index contributed by atoms with van der Waals surface area (Å²) in [4.78, 5) is 28.8. The normalized spacial score (nSPS) is 12.5. The summed E-state index contributed by atoms with van der Waals surface area (Å²) in [5.74, 6) is 0.617. The largest absolute Gasteiger partial charge is 1.00 e. The maximum Gasteiger partial charge on any atom is 0.332 e. The SMILES string of the molecule is CC(C)c1cc(C(O)C[NH2+]CCn2cnc3c2c(=O)n(C)c(=O)n3C)cc(C(C)C)c1O.[Cl-]. The van der Waals surface area contributed by atoms with E-state index in [1.54, 1.807) is 17.9 Å². The minimum atomic E-state index is -0.682. The number of phenols is 1. The number of hydrogen-bond donors (Lipinski definition) is 3. The number of nitrogens with two attached hydrogens (primary N) is 1. The number of nitrogens with zero attached hydrogens (tertiary/aromatic N) is 4. The van der Waals surface area contributed by atoms with Gasteiger partial charge in [-0.25, -0.2) is 9.78 Å². The molecular weight excluding hydrogens is 446 g/mol. The van der Waals surface area contributed by atoms with Gasteiger partial charge in [-0.3, -0.25) is 13.9 Å². The summed E-state index contributed by atoms with van der Waals surface area (Å²) in [6.07, 6.45) is 0.887. The third-order valence-corrected chi connectivity index (χ3v) is 6.00. The Hall–Kier alpha value is -2.62. The van der Waals surface area contributed by atoms with E-state index in [1.165, 1.54) is 11.6 Å². The number of aromatic nitrogens is 4. The monoisotopic (exact) mass is 479 g/mol. The molecule has 1 atom stereocenters. The van der Waals surface area contributed by atoms with Crippen molar-refractivity contribution in [1.82, 2.24) is 18.7 Å². The first-order chi connectivity index (χ1) is 15.0. The fraction of sp³-hybridized carbons (Fsp3) is 0.522. The molecule has 0 spiro atoms. The van der Waals surface area contributed by atoms with Gasteiger partial charge in [-0.1, -0.05) is 27.7 Å². The van der Waals surface area contributed by atoms with Gasteiger partial charge in [0.2, 0.25) is 0 Å². The van der Waals surface area contributed by atoms with Crippen molar-refractivity contribution >= 4 is 11.2 Å². The van der Waals surface area contributed by atoms with Crippen LogP contribution in [0.1, 0.15) is 62.3 Å². The number of aliphatic hydroxyl groups excluding tert-OH is 1. The molecule has 0 saturated heterocycles. The van der Waals surface area contributed by atoms with E-state index in [2.05, 4.69) is 4.98 Å². The van der Waals surface area contributed by atoms with Crippen LogP contribution in [0, 0.1) is 0 Å². The summed E-state index contributed by atoms with van der Waals surface area (Å²) >= 11 is 0. The number of aliphatic hydroxyl groups is 1. The van der Waals surface area contributed by atoms with Crippen LogP contribution in [-0.4, -0.2) is 42.0 Å². The third kappa shape index (κ3) is 5.15. The molecule has 2 heterocycles. The molecule has 0 aliphatic carbocycles. The topological polar surface area (TPSA) is 119 Å². The molecule has 182 valence electrons. The van der Waals surface area contributed by atoms with E-state index >= 15 is 0 Å². The maximum atomic E-state index is 12.5. The molecule has 0 amide bonds. The van der Waals surface area contributed by atoms with Crippen LogP contribution >= 0.6 is 0 Å². The summed E-state index contributed by atoms with van der Waals surface area (Å²) in [6.45, 7) is 9.69. The van der Waals surface area contributed by atoms with Gasteiger partial charge >= 0.3 is 5.69 Å². The van der Waals surface area contributed by atoms with E-state index in [4.69, 9.17) is 0 Å². The van der Waals surface area contributed by atoms with E-state index in [-0.39, 0.29) is 29.8 Å². The Balaban J connectivity index is 0.00000385. The molecule has 0 saturated carbocycles. The zero-order valence-corrected chi connectivity index (χ0v) is 20.8. The van der Waals surface area contributed by atoms with Crippen LogP contribution in [-0.2, 0) is 20.6 Å². The molecule has 0 bridgehead atoms. The van der Waals surface area contributed by atoms with Crippen molar-refractivity contribution in [2.75, 3.05) is 13.1 Å². The van der Waals surface area contributed by atoms with Crippen molar-refractivity contribution < 1.29 is 27.9 Å². The minimum absolute atomic E-state index is 0. The Bertz CT molecular complexity index is 1210. The van der Waals surface area contributed by atoms with E-state index in [1.807, 2.05) is 45.1 Å². The van der Waals surface area contributed by atoms with Gasteiger partial charge in [-0.05, 0) is 40.7 Å². The van der Waals surface area contributed by atoms with Crippen LogP contribution in [0.3, 0.4) is 0 Å². The molecule has 2 aromatic heterocycles. The quantitative estimate of drug-likeness (QED) is 0.314. The summed E-state index contributed by atoms with van der Waals surface area (Å²) in [5.41, 5.74) is 2.47. The Morgan fingerprint density at radius 3 is 2.15 bits per heavy atom. The van der Waals surface area contributed by atoms with Gasteiger partial charge in [-0.2, -0.15) is 0 Å². The molecule has 3 rings (SSSR count). The second kappa shape index (κ2) is 10.5. The van der Waals surface area contributed by atoms with Crippen LogP contribution in [0.4, 0.5) is 0 Å². The Kier molecular flexibility index (Phi) is 8.51. The van der Waals surface area contributed by atoms with Crippen molar-refractivity contribution in [2.24, 2.45) is 14.1 Å². The fourth-order valence-corrected chi connectivity index (χ4v) is 3.99. The highest BCUT2D eigenvalue weighted by molar-refractivity contribution is 5.69. The first kappa shape index (κ1) is 26.6. The molecule has 0 radical (unpaired) electrons. The van der Waals surface area contributed by atoms with E-state index in [0.29, 0.717) is 36.5 Å². The number of aromatic hydroxyl groups is 1. The van der Waals surface area contributed by atoms with Gasteiger partial charge < -0.3 is 32.5 Å². The summed E-state index contributed by atoms with van der Waals surface area (Å²) < 4.78 is 4.19. The Labute approximate surface area is 199 Å². The molecule has 0 fully saturated rings. The van der Waals surface area contributed by atoms with Crippen molar-refractivity contribution in [1.29, 1.82) is 0 Å². The van der Waals surface area contributed by atoms with Gasteiger partial charge in [0.15, 0.2) is 11.2 Å². The zero-order valence-electron chi connectivity index (χ0n) is 20.0. The second-order valence-corrected chi connectivity index (χ2v) is 9.00. The lowest BCUT2D eigenvalue weighted by Crippen LogP contribution is -3.00. The number of hydrogen-bond acceptors (Lipinski definition) is 5. The summed E-state index contributed by atoms with van der Waals surface area (Å²) in [5, 5.41) is 23.3. The number of rotatable bonds is 8. The van der Waals surface area contributed by atoms with Crippen LogP contribution in [0.2, 0.25) is 0 Å². The molecule has 0 aliphatic heterocycles. The molecule has 1 unspecified atom stereocenters. The molecule has 33 heavy (non-hydrogen) atoms. The highest BCUT2D eigenvalue weighted by atomic mass is 35.5. The second-order valence-electron chi connectivity index (χ2n) is 9.00. The molecule has 1 aromatic carbocycles. The van der Waals surface area contributed by atoms with Gasteiger partial charge in [0.1, 0.15) is 18.4 Å². The van der Waals surface area contributed by atoms with Gasteiger partial charge in [0.25, 0.3) is 5.56 Å². The molecule has 3 aromatic rings.